The quantitative estimate of drug-likeness (QED) is 0.379. The van der Waals surface area contributed by atoms with Crippen LogP contribution in [-0.2, 0) is 10.3 Å². The van der Waals surface area contributed by atoms with Crippen molar-refractivity contribution in [3.63, 3.8) is 0 Å². The number of hydrogen-bond acceptors (Lipinski definition) is 9. The van der Waals surface area contributed by atoms with Gasteiger partial charge in [0.05, 0.1) is 16.4 Å². The molecule has 0 aliphatic carbocycles. The van der Waals surface area contributed by atoms with E-state index in [1.807, 2.05) is 5.48 Å². The summed E-state index contributed by atoms with van der Waals surface area (Å²) in [4.78, 5) is 12.0. The number of hydrogen-bond donors (Lipinski definition) is 5. The predicted molar refractivity (Wildman–Crippen MR) is 103 cm³/mol. The summed E-state index contributed by atoms with van der Waals surface area (Å²) >= 11 is 12.0. The van der Waals surface area contributed by atoms with Crippen molar-refractivity contribution < 1.29 is 25.3 Å². The topological polar surface area (TPSA) is 146 Å². The molecule has 0 saturated carbocycles. The Morgan fingerprint density at radius 2 is 1.90 bits per heavy atom. The van der Waals surface area contributed by atoms with Crippen LogP contribution in [0.5, 0.6) is 0 Å². The van der Waals surface area contributed by atoms with Crippen LogP contribution >= 0.6 is 23.2 Å². The number of fused-ring (bicyclic) bond motifs is 1. The van der Waals surface area contributed by atoms with E-state index in [0.29, 0.717) is 10.6 Å². The second-order valence-corrected chi connectivity index (χ2v) is 7.68. The Hall–Kier alpha value is -2.05. The summed E-state index contributed by atoms with van der Waals surface area (Å²) in [5.41, 5.74) is 1.06. The largest absolute Gasteiger partial charge is 0.387 e. The summed E-state index contributed by atoms with van der Waals surface area (Å²) in [6.45, 7) is 1.44. The van der Waals surface area contributed by atoms with E-state index in [-0.39, 0.29) is 22.0 Å². The number of aliphatic hydroxyl groups is 3. The first kappa shape index (κ1) is 20.2. The number of nitrogens with zero attached hydrogens (tertiary/aromatic N) is 4. The smallest absolute Gasteiger partial charge is 0.181 e. The predicted octanol–water partition coefficient (Wildman–Crippen LogP) is 1.46. The summed E-state index contributed by atoms with van der Waals surface area (Å²) in [6.07, 6.45) is -2.60. The molecular formula is C17H17Cl2N5O5. The zero-order chi connectivity index (χ0) is 20.9. The normalized spacial score (nSPS) is 26.6. The molecule has 2 aromatic heterocycles. The average molecular weight is 442 g/mol. The van der Waals surface area contributed by atoms with E-state index in [2.05, 4.69) is 15.0 Å². The van der Waals surface area contributed by atoms with Gasteiger partial charge in [0.15, 0.2) is 23.2 Å². The fourth-order valence-corrected chi connectivity index (χ4v) is 3.75. The molecule has 1 fully saturated rings. The fraction of sp³-hybridized carbons (Fsp3) is 0.353. The highest BCUT2D eigenvalue weighted by Gasteiger charge is 2.52. The van der Waals surface area contributed by atoms with Gasteiger partial charge in [0.2, 0.25) is 0 Å². The van der Waals surface area contributed by atoms with Gasteiger partial charge >= 0.3 is 0 Å². The lowest BCUT2D eigenvalue weighted by Crippen LogP contribution is -2.45. The lowest BCUT2D eigenvalue weighted by atomic mass is 9.87. The number of imidazole rings is 1. The minimum absolute atomic E-state index is 0.0705. The highest BCUT2D eigenvalue weighted by molar-refractivity contribution is 6.42. The Bertz CT molecular complexity index is 1060. The molecule has 0 unspecified atom stereocenters. The molecule has 4 rings (SSSR count). The zero-order valence-corrected chi connectivity index (χ0v) is 16.4. The lowest BCUT2D eigenvalue weighted by molar-refractivity contribution is -0.135. The van der Waals surface area contributed by atoms with E-state index in [4.69, 9.17) is 33.1 Å². The van der Waals surface area contributed by atoms with E-state index in [9.17, 15) is 15.3 Å². The van der Waals surface area contributed by atoms with Crippen LogP contribution in [0.4, 0.5) is 5.82 Å². The Kier molecular flexibility index (Phi) is 5.11. The Labute approximate surface area is 174 Å². The van der Waals surface area contributed by atoms with Gasteiger partial charge in [-0.05, 0) is 24.6 Å². The van der Waals surface area contributed by atoms with Crippen LogP contribution in [0.3, 0.4) is 0 Å². The van der Waals surface area contributed by atoms with Gasteiger partial charge < -0.3 is 20.1 Å². The van der Waals surface area contributed by atoms with E-state index in [0.717, 1.165) is 0 Å². The summed E-state index contributed by atoms with van der Waals surface area (Å²) in [7, 11) is 0. The number of anilines is 1. The number of aliphatic hydroxyl groups excluding tert-OH is 2. The number of aromatic nitrogens is 4. The Balaban J connectivity index is 1.70. The molecule has 10 nitrogen and oxygen atoms in total. The van der Waals surface area contributed by atoms with E-state index in [1.54, 1.807) is 6.07 Å². The summed E-state index contributed by atoms with van der Waals surface area (Å²) in [5.74, 6) is 0.0705. The molecule has 1 aliphatic heterocycles. The molecule has 154 valence electrons. The van der Waals surface area contributed by atoms with Crippen molar-refractivity contribution in [1.29, 1.82) is 0 Å². The molecule has 12 heteroatoms. The average Bonchev–Trinajstić information content (AvgIpc) is 3.25. The molecule has 0 spiro atoms. The van der Waals surface area contributed by atoms with Gasteiger partial charge in [-0.2, -0.15) is 0 Å². The first-order chi connectivity index (χ1) is 13.8. The van der Waals surface area contributed by atoms with Gasteiger partial charge in [0.25, 0.3) is 0 Å². The van der Waals surface area contributed by atoms with Crippen LogP contribution in [0.1, 0.15) is 18.7 Å². The highest BCUT2D eigenvalue weighted by Crippen LogP contribution is 2.41. The van der Waals surface area contributed by atoms with Crippen molar-refractivity contribution >= 4 is 40.2 Å². The second kappa shape index (κ2) is 7.33. The second-order valence-electron chi connectivity index (χ2n) is 6.86. The van der Waals surface area contributed by atoms with Gasteiger partial charge in [-0.15, -0.1) is 0 Å². The minimum Gasteiger partial charge on any atom is -0.387 e. The van der Waals surface area contributed by atoms with E-state index >= 15 is 0 Å². The molecule has 1 saturated heterocycles. The molecule has 5 N–H and O–H groups in total. The zero-order valence-electron chi connectivity index (χ0n) is 14.9. The number of nitrogens with one attached hydrogen (secondary N) is 1. The Morgan fingerprint density at radius 1 is 1.14 bits per heavy atom. The van der Waals surface area contributed by atoms with E-state index < -0.39 is 30.1 Å². The van der Waals surface area contributed by atoms with Crippen LogP contribution in [0.15, 0.2) is 30.9 Å². The summed E-state index contributed by atoms with van der Waals surface area (Å²) in [6, 6.07) is 4.55. The van der Waals surface area contributed by atoms with E-state index in [1.165, 1.54) is 36.3 Å². The maximum atomic E-state index is 11.1. The van der Waals surface area contributed by atoms with Crippen molar-refractivity contribution in [3.8, 4) is 0 Å². The molecule has 0 radical (unpaired) electrons. The first-order valence-corrected chi connectivity index (χ1v) is 9.28. The van der Waals surface area contributed by atoms with Crippen molar-refractivity contribution in [2.75, 3.05) is 5.48 Å². The van der Waals surface area contributed by atoms with Gasteiger partial charge in [0, 0.05) is 0 Å². The lowest BCUT2D eigenvalue weighted by Gasteiger charge is -2.32. The van der Waals surface area contributed by atoms with Gasteiger partial charge in [0.1, 0.15) is 30.2 Å². The third kappa shape index (κ3) is 3.22. The number of halogens is 2. The Morgan fingerprint density at radius 3 is 2.59 bits per heavy atom. The first-order valence-electron chi connectivity index (χ1n) is 8.53. The maximum Gasteiger partial charge on any atom is 0.181 e. The maximum absolute atomic E-state index is 11.1. The standard InChI is InChI=1S/C17H17Cl2N5O5/c1-17(27,7-2-3-8(18)9(19)4-7)13-11(25)12(26)16(29-13)24-6-22-10-14(23-28)20-5-21-15(10)24/h2-6,11-13,16,25-28H,1H3,(H,20,21,23)/t11-,12+,13-,16+,17+/m0/s1. The molecular weight excluding hydrogens is 425 g/mol. The molecule has 0 bridgehead atoms. The van der Waals surface area contributed by atoms with Crippen LogP contribution < -0.4 is 5.48 Å². The molecule has 3 heterocycles. The molecule has 29 heavy (non-hydrogen) atoms. The molecule has 1 aliphatic rings. The SMILES string of the molecule is C[C@@](O)(c1ccc(Cl)c(Cl)c1)[C@H]1O[C@@H](n2cnc3c(NO)ncnc32)[C@H](O)[C@@H]1O. The number of ether oxygens (including phenoxy) is 1. The van der Waals surface area contributed by atoms with Crippen molar-refractivity contribution in [3.05, 3.63) is 46.5 Å². The van der Waals surface area contributed by atoms with Gasteiger partial charge in [-0.25, -0.2) is 15.0 Å². The van der Waals surface area contributed by atoms with Crippen LogP contribution in [0.25, 0.3) is 11.2 Å². The minimum atomic E-state index is -1.70. The van der Waals surface area contributed by atoms with Crippen molar-refractivity contribution in [2.24, 2.45) is 0 Å². The third-order valence-electron chi connectivity index (χ3n) is 5.04. The molecule has 5 atom stereocenters. The molecule has 3 aromatic rings. The highest BCUT2D eigenvalue weighted by atomic mass is 35.5. The monoisotopic (exact) mass is 441 g/mol. The fourth-order valence-electron chi connectivity index (χ4n) is 3.45. The molecule has 0 amide bonds. The van der Waals surface area contributed by atoms with Crippen LogP contribution in [0.2, 0.25) is 10.0 Å². The number of benzene rings is 1. The van der Waals surface area contributed by atoms with Crippen molar-refractivity contribution in [1.82, 2.24) is 19.5 Å². The van der Waals surface area contributed by atoms with Gasteiger partial charge in [-0.3, -0.25) is 15.3 Å². The number of rotatable bonds is 4. The molecule has 1 aromatic carbocycles. The summed E-state index contributed by atoms with van der Waals surface area (Å²) < 4.78 is 7.24. The van der Waals surface area contributed by atoms with Crippen LogP contribution in [0, 0.1) is 0 Å². The summed E-state index contributed by atoms with van der Waals surface area (Å²) in [5, 5.41) is 42.0. The third-order valence-corrected chi connectivity index (χ3v) is 5.77. The van der Waals surface area contributed by atoms with Crippen molar-refractivity contribution in [2.45, 2.75) is 37.1 Å². The van der Waals surface area contributed by atoms with Crippen LogP contribution in [-0.4, -0.2) is 58.4 Å². The van der Waals surface area contributed by atoms with Gasteiger partial charge in [-0.1, -0.05) is 29.3 Å².